The van der Waals surface area contributed by atoms with E-state index in [0.29, 0.717) is 11.4 Å². The molecule has 0 radical (unpaired) electrons. The van der Waals surface area contributed by atoms with Crippen molar-refractivity contribution in [3.05, 3.63) is 229 Å². The summed E-state index contributed by atoms with van der Waals surface area (Å²) < 4.78 is 49.4. The molecule has 9 heteroatoms. The standard InChI is InChI=1S/C61H35F3N6/c62-61(63,64)51-19-11-16-44(36-65)60(51)48-35-59(70-55-21-10-8-18-47(55)50-31-41(23-25-57(50)70)43-27-29-68-53(33-43)39-14-5-2-6-15-39)58(34-45(48)37-66)69-54-20-9-7-17-46(54)49-30-40(22-24-56(49)69)42-26-28-67-52(32-42)38-12-3-1-4-13-38/h1-35H. The molecule has 70 heavy (non-hydrogen) atoms. The van der Waals surface area contributed by atoms with Crippen LogP contribution in [0.1, 0.15) is 16.7 Å². The number of nitrogens with zero attached hydrogens (tertiary/aromatic N) is 6. The highest BCUT2D eigenvalue weighted by molar-refractivity contribution is 6.13. The van der Waals surface area contributed by atoms with Crippen molar-refractivity contribution in [2.75, 3.05) is 0 Å². The summed E-state index contributed by atoms with van der Waals surface area (Å²) in [5.41, 5.74) is 10.3. The van der Waals surface area contributed by atoms with Crippen LogP contribution in [0.5, 0.6) is 0 Å². The molecular formula is C61H35F3N6. The van der Waals surface area contributed by atoms with E-state index in [2.05, 4.69) is 67.6 Å². The molecule has 4 aromatic heterocycles. The molecule has 0 saturated heterocycles. The lowest BCUT2D eigenvalue weighted by atomic mass is 9.90. The minimum absolute atomic E-state index is 0.00605. The van der Waals surface area contributed by atoms with Gasteiger partial charge < -0.3 is 9.13 Å². The second-order valence-corrected chi connectivity index (χ2v) is 17.1. The predicted octanol–water partition coefficient (Wildman–Crippen LogP) is 15.8. The third kappa shape index (κ3) is 6.96. The summed E-state index contributed by atoms with van der Waals surface area (Å²) in [5, 5.41) is 25.1. The van der Waals surface area contributed by atoms with Crippen molar-refractivity contribution in [2.45, 2.75) is 6.18 Å². The van der Waals surface area contributed by atoms with Gasteiger partial charge in [-0.05, 0) is 107 Å². The minimum Gasteiger partial charge on any atom is -0.307 e. The number of hydrogen-bond acceptors (Lipinski definition) is 4. The molecule has 12 aromatic rings. The Balaban J connectivity index is 1.14. The normalized spacial score (nSPS) is 11.6. The Morgan fingerprint density at radius 3 is 1.34 bits per heavy atom. The smallest absolute Gasteiger partial charge is 0.307 e. The summed E-state index contributed by atoms with van der Waals surface area (Å²) in [7, 11) is 0. The number of halogens is 3. The number of pyridine rings is 2. The molecule has 0 fully saturated rings. The van der Waals surface area contributed by atoms with Crippen LogP contribution in [0.2, 0.25) is 0 Å². The van der Waals surface area contributed by atoms with Crippen molar-refractivity contribution in [1.82, 2.24) is 19.1 Å². The van der Waals surface area contributed by atoms with Crippen LogP contribution in [0.3, 0.4) is 0 Å². The van der Waals surface area contributed by atoms with Crippen LogP contribution in [0.25, 0.3) is 111 Å². The first kappa shape index (κ1) is 41.8. The third-order valence-corrected chi connectivity index (χ3v) is 13.1. The van der Waals surface area contributed by atoms with Gasteiger partial charge in [-0.25, -0.2) is 0 Å². The maximum absolute atomic E-state index is 15.1. The number of benzene rings is 8. The summed E-state index contributed by atoms with van der Waals surface area (Å²) >= 11 is 0. The predicted molar refractivity (Wildman–Crippen MR) is 272 cm³/mol. The Bertz CT molecular complexity index is 4140. The summed E-state index contributed by atoms with van der Waals surface area (Å²) in [5.74, 6) is 0. The highest BCUT2D eigenvalue weighted by Gasteiger charge is 2.36. The second kappa shape index (κ2) is 16.6. The van der Waals surface area contributed by atoms with Gasteiger partial charge in [0.1, 0.15) is 0 Å². The lowest BCUT2D eigenvalue weighted by molar-refractivity contribution is -0.137. The van der Waals surface area contributed by atoms with Gasteiger partial charge in [0.2, 0.25) is 0 Å². The summed E-state index contributed by atoms with van der Waals surface area (Å²) in [6.07, 6.45) is -1.21. The maximum Gasteiger partial charge on any atom is 0.417 e. The molecule has 0 saturated carbocycles. The SMILES string of the molecule is N#Cc1cc(-n2c3ccccc3c3cc(-c4ccnc(-c5ccccc5)c4)ccc32)c(-n2c3ccccc3c3cc(-c4ccnc(-c5ccccc5)c4)ccc32)cc1-c1c(C#N)cccc1C(F)(F)F. The molecule has 0 aliphatic carbocycles. The van der Waals surface area contributed by atoms with Crippen LogP contribution in [0, 0.1) is 22.7 Å². The Hall–Kier alpha value is -9.57. The van der Waals surface area contributed by atoms with Gasteiger partial charge in [-0.2, -0.15) is 23.7 Å². The molecule has 12 rings (SSSR count). The molecule has 0 aliphatic rings. The van der Waals surface area contributed by atoms with Crippen LogP contribution < -0.4 is 0 Å². The second-order valence-electron chi connectivity index (χ2n) is 17.1. The number of hydrogen-bond donors (Lipinski definition) is 0. The van der Waals surface area contributed by atoms with Crippen molar-refractivity contribution < 1.29 is 13.2 Å². The topological polar surface area (TPSA) is 83.2 Å². The van der Waals surface area contributed by atoms with Gasteiger partial charge in [-0.1, -0.05) is 115 Å². The Labute approximate surface area is 399 Å². The van der Waals surface area contributed by atoms with Crippen LogP contribution in [-0.2, 0) is 6.18 Å². The van der Waals surface area contributed by atoms with E-state index >= 15 is 13.2 Å². The molecule has 0 spiro atoms. The first-order valence-electron chi connectivity index (χ1n) is 22.6. The van der Waals surface area contributed by atoms with Crippen molar-refractivity contribution in [3.8, 4) is 79.4 Å². The van der Waals surface area contributed by atoms with E-state index in [9.17, 15) is 10.5 Å². The monoisotopic (exact) mass is 908 g/mol. The summed E-state index contributed by atoms with van der Waals surface area (Å²) in [4.78, 5) is 9.32. The van der Waals surface area contributed by atoms with E-state index in [1.54, 1.807) is 18.3 Å². The Morgan fingerprint density at radius 1 is 0.386 bits per heavy atom. The minimum atomic E-state index is -4.83. The number of rotatable bonds is 7. The van der Waals surface area contributed by atoms with Crippen molar-refractivity contribution >= 4 is 43.6 Å². The number of fused-ring (bicyclic) bond motifs is 6. The van der Waals surface area contributed by atoms with E-state index in [0.717, 1.165) is 94.4 Å². The molecule has 0 N–H and O–H groups in total. The van der Waals surface area contributed by atoms with E-state index in [1.807, 2.05) is 140 Å². The lowest BCUT2D eigenvalue weighted by Crippen LogP contribution is -2.10. The number of para-hydroxylation sites is 2. The molecule has 6 nitrogen and oxygen atoms in total. The van der Waals surface area contributed by atoms with Gasteiger partial charge in [0.15, 0.2) is 0 Å². The zero-order chi connectivity index (χ0) is 47.5. The molecule has 4 heterocycles. The molecule has 0 atom stereocenters. The molecule has 0 unspecified atom stereocenters. The Morgan fingerprint density at radius 2 is 0.843 bits per heavy atom. The van der Waals surface area contributed by atoms with Crippen LogP contribution in [-0.4, -0.2) is 19.1 Å². The van der Waals surface area contributed by atoms with Gasteiger partial charge in [-0.15, -0.1) is 0 Å². The van der Waals surface area contributed by atoms with Crippen molar-refractivity contribution in [3.63, 3.8) is 0 Å². The largest absolute Gasteiger partial charge is 0.417 e. The van der Waals surface area contributed by atoms with Gasteiger partial charge in [0.05, 0.1) is 73.7 Å². The quantitative estimate of drug-likeness (QED) is 0.159. The summed E-state index contributed by atoms with van der Waals surface area (Å²) in [6.45, 7) is 0. The Kier molecular flexibility index (Phi) is 9.94. The molecule has 8 aromatic carbocycles. The average molecular weight is 909 g/mol. The van der Waals surface area contributed by atoms with Gasteiger partial charge in [0, 0.05) is 56.2 Å². The third-order valence-electron chi connectivity index (χ3n) is 13.1. The highest BCUT2D eigenvalue weighted by Crippen LogP contribution is 2.46. The molecule has 330 valence electrons. The van der Waals surface area contributed by atoms with E-state index in [1.165, 1.54) is 12.1 Å². The van der Waals surface area contributed by atoms with E-state index < -0.39 is 11.7 Å². The molecule has 0 amide bonds. The van der Waals surface area contributed by atoms with E-state index in [-0.39, 0.29) is 22.3 Å². The first-order valence-corrected chi connectivity index (χ1v) is 22.6. The van der Waals surface area contributed by atoms with Crippen LogP contribution in [0.4, 0.5) is 13.2 Å². The zero-order valence-electron chi connectivity index (χ0n) is 37.0. The van der Waals surface area contributed by atoms with Crippen molar-refractivity contribution in [1.29, 1.82) is 10.5 Å². The van der Waals surface area contributed by atoms with Gasteiger partial charge in [0.25, 0.3) is 0 Å². The number of aromatic nitrogens is 4. The first-order chi connectivity index (χ1) is 34.3. The van der Waals surface area contributed by atoms with Crippen molar-refractivity contribution in [2.24, 2.45) is 0 Å². The summed E-state index contributed by atoms with van der Waals surface area (Å²) in [6, 6.07) is 67.7. The van der Waals surface area contributed by atoms with Gasteiger partial charge in [-0.3, -0.25) is 9.97 Å². The average Bonchev–Trinajstić information content (AvgIpc) is 3.92. The number of alkyl halides is 3. The van der Waals surface area contributed by atoms with Gasteiger partial charge >= 0.3 is 6.18 Å². The zero-order valence-corrected chi connectivity index (χ0v) is 37.0. The number of nitriles is 2. The highest BCUT2D eigenvalue weighted by atomic mass is 19.4. The fourth-order valence-electron chi connectivity index (χ4n) is 9.98. The maximum atomic E-state index is 15.1. The lowest BCUT2D eigenvalue weighted by Gasteiger charge is -2.21. The van der Waals surface area contributed by atoms with Crippen LogP contribution >= 0.6 is 0 Å². The fourth-order valence-corrected chi connectivity index (χ4v) is 9.98. The van der Waals surface area contributed by atoms with Crippen LogP contribution in [0.15, 0.2) is 213 Å². The molecular weight excluding hydrogens is 874 g/mol. The molecule has 0 bridgehead atoms. The van der Waals surface area contributed by atoms with E-state index in [4.69, 9.17) is 0 Å². The molecule has 0 aliphatic heterocycles. The fraction of sp³-hybridized carbons (Fsp3) is 0.0164.